The topological polar surface area (TPSA) is 64.6 Å². The van der Waals surface area contributed by atoms with Crippen LogP contribution in [0.25, 0.3) is 0 Å². The molecule has 0 atom stereocenters. The van der Waals surface area contributed by atoms with Gasteiger partial charge in [-0.3, -0.25) is 4.79 Å². The summed E-state index contributed by atoms with van der Waals surface area (Å²) in [4.78, 5) is 23.7. The molecule has 0 saturated carbocycles. The van der Waals surface area contributed by atoms with Gasteiger partial charge in [-0.1, -0.05) is 39.7 Å². The Morgan fingerprint density at radius 1 is 1.17 bits per heavy atom. The van der Waals surface area contributed by atoms with Crippen LogP contribution in [0.2, 0.25) is 5.02 Å². The first-order chi connectivity index (χ1) is 11.5. The minimum absolute atomic E-state index is 0.203. The number of ether oxygens (including phenoxy) is 2. The fourth-order valence-corrected chi connectivity index (χ4v) is 2.41. The number of esters is 1. The van der Waals surface area contributed by atoms with Crippen LogP contribution in [0.4, 0.5) is 0 Å². The minimum atomic E-state index is -0.652. The SMILES string of the molecule is COc1ccc(CNC(=O)COC(=O)c2cc(Br)ccc2Cl)cc1. The van der Waals surface area contributed by atoms with Crippen molar-refractivity contribution in [3.8, 4) is 5.75 Å². The van der Waals surface area contributed by atoms with E-state index in [2.05, 4.69) is 21.2 Å². The number of carbonyl (C=O) groups excluding carboxylic acids is 2. The van der Waals surface area contributed by atoms with Gasteiger partial charge in [-0.05, 0) is 35.9 Å². The zero-order valence-electron chi connectivity index (χ0n) is 12.8. The van der Waals surface area contributed by atoms with Crippen molar-refractivity contribution in [2.75, 3.05) is 13.7 Å². The molecule has 2 rings (SSSR count). The van der Waals surface area contributed by atoms with Crippen molar-refractivity contribution in [1.82, 2.24) is 5.32 Å². The molecule has 1 amide bonds. The monoisotopic (exact) mass is 411 g/mol. The Bertz CT molecular complexity index is 734. The average Bonchev–Trinajstić information content (AvgIpc) is 2.60. The van der Waals surface area contributed by atoms with Crippen molar-refractivity contribution in [1.29, 1.82) is 0 Å². The number of rotatable bonds is 6. The second-order valence-corrected chi connectivity index (χ2v) is 6.15. The van der Waals surface area contributed by atoms with Gasteiger partial charge >= 0.3 is 5.97 Å². The fourth-order valence-electron chi connectivity index (χ4n) is 1.86. The van der Waals surface area contributed by atoms with Crippen LogP contribution in [0.3, 0.4) is 0 Å². The van der Waals surface area contributed by atoms with E-state index in [1.165, 1.54) is 0 Å². The molecule has 0 heterocycles. The first-order valence-electron chi connectivity index (χ1n) is 7.01. The van der Waals surface area contributed by atoms with Gasteiger partial charge in [-0.15, -0.1) is 0 Å². The van der Waals surface area contributed by atoms with E-state index in [-0.39, 0.29) is 17.2 Å². The highest BCUT2D eigenvalue weighted by Crippen LogP contribution is 2.21. The summed E-state index contributed by atoms with van der Waals surface area (Å²) >= 11 is 9.19. The molecule has 7 heteroatoms. The van der Waals surface area contributed by atoms with E-state index >= 15 is 0 Å². The normalized spacial score (nSPS) is 10.1. The molecule has 5 nitrogen and oxygen atoms in total. The Labute approximate surface area is 153 Å². The Kier molecular flexibility index (Phi) is 6.63. The number of halogens is 2. The van der Waals surface area contributed by atoms with Crippen LogP contribution in [-0.4, -0.2) is 25.6 Å². The Hall–Kier alpha value is -2.05. The molecule has 0 aromatic heterocycles. The molecular formula is C17H15BrClNO4. The molecule has 0 unspecified atom stereocenters. The van der Waals surface area contributed by atoms with E-state index in [1.54, 1.807) is 37.4 Å². The molecule has 24 heavy (non-hydrogen) atoms. The molecular weight excluding hydrogens is 398 g/mol. The predicted octanol–water partition coefficient (Wildman–Crippen LogP) is 3.58. The highest BCUT2D eigenvalue weighted by atomic mass is 79.9. The van der Waals surface area contributed by atoms with Crippen LogP contribution in [0, 0.1) is 0 Å². The summed E-state index contributed by atoms with van der Waals surface area (Å²) in [7, 11) is 1.59. The van der Waals surface area contributed by atoms with Crippen LogP contribution < -0.4 is 10.1 Å². The molecule has 0 radical (unpaired) electrons. The maximum atomic E-state index is 11.9. The quantitative estimate of drug-likeness (QED) is 0.737. The summed E-state index contributed by atoms with van der Waals surface area (Å²) in [5.41, 5.74) is 1.11. The molecule has 126 valence electrons. The van der Waals surface area contributed by atoms with Crippen LogP contribution >= 0.6 is 27.5 Å². The Balaban J connectivity index is 1.82. The van der Waals surface area contributed by atoms with Crippen molar-refractivity contribution >= 4 is 39.4 Å². The first kappa shape index (κ1) is 18.3. The third-order valence-electron chi connectivity index (χ3n) is 3.13. The van der Waals surface area contributed by atoms with Gasteiger partial charge < -0.3 is 14.8 Å². The van der Waals surface area contributed by atoms with E-state index < -0.39 is 11.9 Å². The van der Waals surface area contributed by atoms with E-state index in [9.17, 15) is 9.59 Å². The van der Waals surface area contributed by atoms with E-state index in [1.807, 2.05) is 12.1 Å². The molecule has 0 saturated heterocycles. The third-order valence-corrected chi connectivity index (χ3v) is 3.95. The third kappa shape index (κ3) is 5.25. The van der Waals surface area contributed by atoms with Crippen molar-refractivity contribution in [3.63, 3.8) is 0 Å². The number of carbonyl (C=O) groups is 2. The Morgan fingerprint density at radius 2 is 1.88 bits per heavy atom. The predicted molar refractivity (Wildman–Crippen MR) is 94.3 cm³/mol. The summed E-state index contributed by atoms with van der Waals surface area (Å²) < 4.78 is 10.7. The van der Waals surface area contributed by atoms with E-state index in [0.717, 1.165) is 11.3 Å². The number of methoxy groups -OCH3 is 1. The highest BCUT2D eigenvalue weighted by Gasteiger charge is 2.14. The molecule has 2 aromatic carbocycles. The van der Waals surface area contributed by atoms with Gasteiger partial charge in [0.05, 0.1) is 17.7 Å². The lowest BCUT2D eigenvalue weighted by atomic mass is 10.2. The minimum Gasteiger partial charge on any atom is -0.497 e. The van der Waals surface area contributed by atoms with Crippen molar-refractivity contribution in [2.24, 2.45) is 0 Å². The average molecular weight is 413 g/mol. The summed E-state index contributed by atoms with van der Waals surface area (Å²) in [5.74, 6) is -0.309. The van der Waals surface area contributed by atoms with Crippen molar-refractivity contribution in [3.05, 3.63) is 63.1 Å². The van der Waals surface area contributed by atoms with Gasteiger partial charge in [0.2, 0.25) is 0 Å². The molecule has 0 aliphatic heterocycles. The van der Waals surface area contributed by atoms with Gasteiger partial charge in [0, 0.05) is 11.0 Å². The van der Waals surface area contributed by atoms with Gasteiger partial charge in [0.15, 0.2) is 6.61 Å². The molecule has 0 aliphatic rings. The van der Waals surface area contributed by atoms with E-state index in [4.69, 9.17) is 21.1 Å². The lowest BCUT2D eigenvalue weighted by Crippen LogP contribution is -2.28. The number of hydrogen-bond acceptors (Lipinski definition) is 4. The van der Waals surface area contributed by atoms with Crippen molar-refractivity contribution < 1.29 is 19.1 Å². The second-order valence-electron chi connectivity index (χ2n) is 4.83. The number of amides is 1. The highest BCUT2D eigenvalue weighted by molar-refractivity contribution is 9.10. The largest absolute Gasteiger partial charge is 0.497 e. The number of benzene rings is 2. The summed E-state index contributed by atoms with van der Waals surface area (Å²) in [6, 6.07) is 12.1. The standard InChI is InChI=1S/C17H15BrClNO4/c1-23-13-5-2-11(3-6-13)9-20-16(21)10-24-17(22)14-8-12(18)4-7-15(14)19/h2-8H,9-10H2,1H3,(H,20,21). The molecule has 0 bridgehead atoms. The second kappa shape index (κ2) is 8.70. The molecule has 0 spiro atoms. The zero-order chi connectivity index (χ0) is 17.5. The first-order valence-corrected chi connectivity index (χ1v) is 8.18. The maximum absolute atomic E-state index is 11.9. The molecule has 0 aliphatic carbocycles. The number of hydrogen-bond donors (Lipinski definition) is 1. The summed E-state index contributed by atoms with van der Waals surface area (Å²) in [5, 5.41) is 2.94. The molecule has 1 N–H and O–H groups in total. The van der Waals surface area contributed by atoms with Crippen LogP contribution in [0.1, 0.15) is 15.9 Å². The fraction of sp³-hybridized carbons (Fsp3) is 0.176. The number of nitrogens with one attached hydrogen (secondary N) is 1. The Morgan fingerprint density at radius 3 is 2.54 bits per heavy atom. The summed E-state index contributed by atoms with van der Waals surface area (Å²) in [6.07, 6.45) is 0. The van der Waals surface area contributed by atoms with Gasteiger partial charge in [-0.2, -0.15) is 0 Å². The molecule has 2 aromatic rings. The lowest BCUT2D eigenvalue weighted by Gasteiger charge is -2.08. The van der Waals surface area contributed by atoms with Gasteiger partial charge in [0.1, 0.15) is 5.75 Å². The van der Waals surface area contributed by atoms with E-state index in [0.29, 0.717) is 11.0 Å². The smallest absolute Gasteiger partial charge is 0.340 e. The van der Waals surface area contributed by atoms with Gasteiger partial charge in [0.25, 0.3) is 5.91 Å². The van der Waals surface area contributed by atoms with Gasteiger partial charge in [-0.25, -0.2) is 4.79 Å². The van der Waals surface area contributed by atoms with Crippen LogP contribution in [0.5, 0.6) is 5.75 Å². The lowest BCUT2D eigenvalue weighted by molar-refractivity contribution is -0.124. The van der Waals surface area contributed by atoms with Crippen LogP contribution in [-0.2, 0) is 16.1 Å². The maximum Gasteiger partial charge on any atom is 0.340 e. The van der Waals surface area contributed by atoms with Crippen molar-refractivity contribution in [2.45, 2.75) is 6.54 Å². The van der Waals surface area contributed by atoms with Crippen LogP contribution in [0.15, 0.2) is 46.9 Å². The molecule has 0 fully saturated rings. The summed E-state index contributed by atoms with van der Waals surface area (Å²) in [6.45, 7) is -0.0458. The zero-order valence-corrected chi connectivity index (χ0v) is 15.2.